The number of ether oxygens (including phenoxy) is 1. The van der Waals surface area contributed by atoms with Gasteiger partial charge in [-0.3, -0.25) is 14.3 Å². The minimum Gasteiger partial charge on any atom is -0.468 e. The minimum atomic E-state index is -0.391. The summed E-state index contributed by atoms with van der Waals surface area (Å²) in [6.45, 7) is 4.09. The molecule has 0 aliphatic heterocycles. The van der Waals surface area contributed by atoms with Crippen molar-refractivity contribution in [2.45, 2.75) is 26.8 Å². The molecule has 0 atom stereocenters. The maximum atomic E-state index is 12.2. The Morgan fingerprint density at radius 3 is 2.86 bits per heavy atom. The zero-order valence-electron chi connectivity index (χ0n) is 12.2. The van der Waals surface area contributed by atoms with Crippen LogP contribution in [0.4, 0.5) is 5.69 Å². The number of carbonyl (C=O) groups excluding carboxylic acids is 2. The highest BCUT2D eigenvalue weighted by atomic mass is 32.1. The highest BCUT2D eigenvalue weighted by Gasteiger charge is 2.13. The Balaban J connectivity index is 2.03. The molecular formula is C14H17N3O3S. The van der Waals surface area contributed by atoms with Gasteiger partial charge in [0, 0.05) is 11.1 Å². The summed E-state index contributed by atoms with van der Waals surface area (Å²) in [5, 5.41) is 6.76. The van der Waals surface area contributed by atoms with E-state index in [0.717, 1.165) is 11.3 Å². The molecular weight excluding hydrogens is 290 g/mol. The topological polar surface area (TPSA) is 73.2 Å². The fraction of sp³-hybridized carbons (Fsp3) is 0.357. The first-order valence-electron chi connectivity index (χ1n) is 6.53. The Labute approximate surface area is 126 Å². The van der Waals surface area contributed by atoms with Crippen LogP contribution in [0.25, 0.3) is 0 Å². The van der Waals surface area contributed by atoms with E-state index in [2.05, 4.69) is 22.1 Å². The maximum absolute atomic E-state index is 12.2. The Hall–Kier alpha value is -2.15. The van der Waals surface area contributed by atoms with Crippen LogP contribution in [-0.2, 0) is 22.5 Å². The molecule has 0 radical (unpaired) electrons. The van der Waals surface area contributed by atoms with Crippen molar-refractivity contribution >= 4 is 28.9 Å². The second kappa shape index (κ2) is 6.53. The monoisotopic (exact) mass is 307 g/mol. The summed E-state index contributed by atoms with van der Waals surface area (Å²) < 4.78 is 5.97. The summed E-state index contributed by atoms with van der Waals surface area (Å²) in [7, 11) is 1.32. The zero-order chi connectivity index (χ0) is 15.4. The predicted octanol–water partition coefficient (Wildman–Crippen LogP) is 2.24. The molecule has 0 saturated heterocycles. The average Bonchev–Trinajstić information content (AvgIpc) is 3.05. The first kappa shape index (κ1) is 15.2. The molecule has 2 aromatic heterocycles. The smallest absolute Gasteiger partial charge is 0.327 e. The van der Waals surface area contributed by atoms with Gasteiger partial charge in [-0.05, 0) is 25.0 Å². The van der Waals surface area contributed by atoms with E-state index in [1.165, 1.54) is 34.9 Å². The fourth-order valence-electron chi connectivity index (χ4n) is 1.89. The van der Waals surface area contributed by atoms with Crippen molar-refractivity contribution in [1.29, 1.82) is 0 Å². The number of nitrogens with zero attached hydrogens (tertiary/aromatic N) is 2. The van der Waals surface area contributed by atoms with Gasteiger partial charge in [-0.15, -0.1) is 11.3 Å². The van der Waals surface area contributed by atoms with E-state index in [0.29, 0.717) is 10.6 Å². The van der Waals surface area contributed by atoms with Crippen LogP contribution in [0.2, 0.25) is 0 Å². The molecule has 0 spiro atoms. The lowest BCUT2D eigenvalue weighted by molar-refractivity contribution is -0.141. The number of amides is 1. The zero-order valence-corrected chi connectivity index (χ0v) is 13.0. The first-order valence-corrected chi connectivity index (χ1v) is 7.35. The Morgan fingerprint density at radius 2 is 2.24 bits per heavy atom. The predicted molar refractivity (Wildman–Crippen MR) is 80.6 cm³/mol. The van der Waals surface area contributed by atoms with E-state index in [4.69, 9.17) is 0 Å². The number of hydrogen-bond acceptors (Lipinski definition) is 5. The van der Waals surface area contributed by atoms with Crippen LogP contribution in [0.3, 0.4) is 0 Å². The van der Waals surface area contributed by atoms with Crippen LogP contribution >= 0.6 is 11.3 Å². The molecule has 112 valence electrons. The summed E-state index contributed by atoms with van der Waals surface area (Å²) >= 11 is 1.47. The van der Waals surface area contributed by atoms with Crippen LogP contribution in [0, 0.1) is 6.92 Å². The molecule has 2 aromatic rings. The van der Waals surface area contributed by atoms with Gasteiger partial charge in [-0.1, -0.05) is 6.92 Å². The van der Waals surface area contributed by atoms with Crippen LogP contribution < -0.4 is 5.32 Å². The standard InChI is InChI=1S/C14H17N3O3S/c1-4-10-5-12(21-9(10)2)14(19)16-11-6-15-17(7-11)8-13(18)20-3/h5-7H,4,8H2,1-3H3,(H,16,19). The molecule has 2 heterocycles. The summed E-state index contributed by atoms with van der Waals surface area (Å²) in [5.41, 5.74) is 1.74. The van der Waals surface area contributed by atoms with Crippen LogP contribution in [0.1, 0.15) is 27.0 Å². The van der Waals surface area contributed by atoms with Crippen molar-refractivity contribution in [2.24, 2.45) is 0 Å². The lowest BCUT2D eigenvalue weighted by Gasteiger charge is -2.00. The summed E-state index contributed by atoms with van der Waals surface area (Å²) in [6, 6.07) is 1.91. The normalized spacial score (nSPS) is 10.4. The second-order valence-electron chi connectivity index (χ2n) is 4.50. The number of carbonyl (C=O) groups is 2. The van der Waals surface area contributed by atoms with Crippen molar-refractivity contribution in [3.8, 4) is 0 Å². The lowest BCUT2D eigenvalue weighted by atomic mass is 10.2. The van der Waals surface area contributed by atoms with Gasteiger partial charge < -0.3 is 10.1 Å². The summed E-state index contributed by atoms with van der Waals surface area (Å²) in [4.78, 5) is 25.1. The number of aromatic nitrogens is 2. The fourth-order valence-corrected chi connectivity index (χ4v) is 2.90. The van der Waals surface area contributed by atoms with Crippen molar-refractivity contribution in [3.05, 3.63) is 33.8 Å². The van der Waals surface area contributed by atoms with E-state index >= 15 is 0 Å². The quantitative estimate of drug-likeness (QED) is 0.860. The lowest BCUT2D eigenvalue weighted by Crippen LogP contribution is -2.12. The third kappa shape index (κ3) is 3.69. The summed E-state index contributed by atoms with van der Waals surface area (Å²) in [6.07, 6.45) is 4.00. The van der Waals surface area contributed by atoms with Gasteiger partial charge in [-0.25, -0.2) is 0 Å². The van der Waals surface area contributed by atoms with Gasteiger partial charge in [0.25, 0.3) is 5.91 Å². The van der Waals surface area contributed by atoms with Crippen LogP contribution in [-0.4, -0.2) is 28.8 Å². The number of methoxy groups -OCH3 is 1. The second-order valence-corrected chi connectivity index (χ2v) is 5.76. The number of rotatable bonds is 5. The minimum absolute atomic E-state index is 0.0183. The molecule has 1 amide bonds. The maximum Gasteiger partial charge on any atom is 0.327 e. The van der Waals surface area contributed by atoms with E-state index in [9.17, 15) is 9.59 Å². The molecule has 7 heteroatoms. The molecule has 0 aliphatic carbocycles. The number of esters is 1. The average molecular weight is 307 g/mol. The van der Waals surface area contributed by atoms with E-state index in [1.807, 2.05) is 13.0 Å². The Bertz CT molecular complexity index is 660. The third-order valence-corrected chi connectivity index (χ3v) is 4.13. The largest absolute Gasteiger partial charge is 0.468 e. The van der Waals surface area contributed by atoms with Crippen LogP contribution in [0.15, 0.2) is 18.5 Å². The molecule has 0 saturated carbocycles. The molecule has 1 N–H and O–H groups in total. The molecule has 0 bridgehead atoms. The Morgan fingerprint density at radius 1 is 1.48 bits per heavy atom. The molecule has 21 heavy (non-hydrogen) atoms. The van der Waals surface area contributed by atoms with E-state index in [-0.39, 0.29) is 12.5 Å². The van der Waals surface area contributed by atoms with Gasteiger partial charge >= 0.3 is 5.97 Å². The number of hydrogen-bond donors (Lipinski definition) is 1. The van der Waals surface area contributed by atoms with Gasteiger partial charge in [-0.2, -0.15) is 5.10 Å². The Kier molecular flexibility index (Phi) is 4.74. The van der Waals surface area contributed by atoms with Crippen molar-refractivity contribution in [2.75, 3.05) is 12.4 Å². The van der Waals surface area contributed by atoms with Gasteiger partial charge in [0.1, 0.15) is 6.54 Å². The van der Waals surface area contributed by atoms with E-state index < -0.39 is 5.97 Å². The third-order valence-electron chi connectivity index (χ3n) is 3.04. The van der Waals surface area contributed by atoms with E-state index in [1.54, 1.807) is 6.20 Å². The molecule has 6 nitrogen and oxygen atoms in total. The number of thiophene rings is 1. The van der Waals surface area contributed by atoms with Gasteiger partial charge in [0.15, 0.2) is 0 Å². The molecule has 0 fully saturated rings. The van der Waals surface area contributed by atoms with Gasteiger partial charge in [0.05, 0.1) is 23.9 Å². The molecule has 0 aromatic carbocycles. The molecule has 0 unspecified atom stereocenters. The molecule has 2 rings (SSSR count). The number of anilines is 1. The summed E-state index contributed by atoms with van der Waals surface area (Å²) in [5.74, 6) is -0.558. The number of nitrogens with one attached hydrogen (secondary N) is 1. The highest BCUT2D eigenvalue weighted by molar-refractivity contribution is 7.14. The van der Waals surface area contributed by atoms with Crippen LogP contribution in [0.5, 0.6) is 0 Å². The SMILES string of the molecule is CCc1cc(C(=O)Nc2cnn(CC(=O)OC)c2)sc1C. The van der Waals surface area contributed by atoms with Gasteiger partial charge in [0.2, 0.25) is 0 Å². The molecule has 0 aliphatic rings. The van der Waals surface area contributed by atoms with Crippen molar-refractivity contribution in [1.82, 2.24) is 9.78 Å². The first-order chi connectivity index (χ1) is 10.0. The highest BCUT2D eigenvalue weighted by Crippen LogP contribution is 2.23. The number of aryl methyl sites for hydroxylation is 2. The van der Waals surface area contributed by atoms with Crippen molar-refractivity contribution < 1.29 is 14.3 Å². The van der Waals surface area contributed by atoms with Crippen molar-refractivity contribution in [3.63, 3.8) is 0 Å².